The predicted molar refractivity (Wildman–Crippen MR) is 94.4 cm³/mol. The van der Waals surface area contributed by atoms with Crippen LogP contribution < -0.4 is 11.2 Å². The fourth-order valence-electron chi connectivity index (χ4n) is 2.51. The zero-order valence-corrected chi connectivity index (χ0v) is 13.7. The SMILES string of the molecule is Cc1cn(CC(=O)Cc2ccc(-c3ccccc3)cn2)c(=O)[nH]c1=O. The average molecular weight is 335 g/mol. The van der Waals surface area contributed by atoms with E-state index in [0.717, 1.165) is 11.1 Å². The Morgan fingerprint density at radius 3 is 2.52 bits per heavy atom. The maximum Gasteiger partial charge on any atom is 0.328 e. The van der Waals surface area contributed by atoms with Gasteiger partial charge in [0.25, 0.3) is 5.56 Å². The lowest BCUT2D eigenvalue weighted by atomic mass is 10.1. The first-order valence-electron chi connectivity index (χ1n) is 7.85. The van der Waals surface area contributed by atoms with Crippen LogP contribution in [0.4, 0.5) is 0 Å². The molecule has 3 rings (SSSR count). The van der Waals surface area contributed by atoms with Gasteiger partial charge in [0.1, 0.15) is 0 Å². The molecule has 1 N–H and O–H groups in total. The topological polar surface area (TPSA) is 84.8 Å². The summed E-state index contributed by atoms with van der Waals surface area (Å²) in [6.07, 6.45) is 3.25. The number of hydrogen-bond acceptors (Lipinski definition) is 4. The third kappa shape index (κ3) is 3.98. The van der Waals surface area contributed by atoms with E-state index in [0.29, 0.717) is 11.3 Å². The molecule has 0 saturated heterocycles. The van der Waals surface area contributed by atoms with Crippen LogP contribution in [0.15, 0.2) is 64.4 Å². The van der Waals surface area contributed by atoms with Crippen molar-refractivity contribution in [3.05, 3.63) is 87.0 Å². The summed E-state index contributed by atoms with van der Waals surface area (Å²) >= 11 is 0. The summed E-state index contributed by atoms with van der Waals surface area (Å²) in [4.78, 5) is 41.8. The molecule has 126 valence electrons. The first-order chi connectivity index (χ1) is 12.0. The van der Waals surface area contributed by atoms with Crippen molar-refractivity contribution in [2.45, 2.75) is 19.9 Å². The monoisotopic (exact) mass is 335 g/mol. The van der Waals surface area contributed by atoms with Gasteiger partial charge in [0, 0.05) is 29.2 Å². The van der Waals surface area contributed by atoms with Gasteiger partial charge in [-0.1, -0.05) is 36.4 Å². The van der Waals surface area contributed by atoms with E-state index < -0.39 is 11.2 Å². The highest BCUT2D eigenvalue weighted by Gasteiger charge is 2.09. The third-order valence-electron chi connectivity index (χ3n) is 3.85. The molecule has 3 aromatic rings. The average Bonchev–Trinajstić information content (AvgIpc) is 2.61. The number of hydrogen-bond donors (Lipinski definition) is 1. The van der Waals surface area contributed by atoms with Gasteiger partial charge in [-0.2, -0.15) is 0 Å². The maximum absolute atomic E-state index is 12.2. The van der Waals surface area contributed by atoms with E-state index in [1.54, 1.807) is 19.2 Å². The van der Waals surface area contributed by atoms with Crippen LogP contribution in [0, 0.1) is 6.92 Å². The number of aromatic nitrogens is 3. The zero-order valence-electron chi connectivity index (χ0n) is 13.7. The Hall–Kier alpha value is -3.28. The van der Waals surface area contributed by atoms with Crippen molar-refractivity contribution in [3.63, 3.8) is 0 Å². The van der Waals surface area contributed by atoms with Gasteiger partial charge in [0.05, 0.1) is 13.0 Å². The second-order valence-corrected chi connectivity index (χ2v) is 5.82. The highest BCUT2D eigenvalue weighted by Crippen LogP contribution is 2.17. The molecule has 0 bridgehead atoms. The Morgan fingerprint density at radius 2 is 1.84 bits per heavy atom. The zero-order chi connectivity index (χ0) is 17.8. The van der Waals surface area contributed by atoms with Gasteiger partial charge in [0.15, 0.2) is 5.78 Å². The summed E-state index contributed by atoms with van der Waals surface area (Å²) in [5.74, 6) is -0.159. The molecule has 0 aliphatic rings. The minimum absolute atomic E-state index is 0.0986. The first-order valence-corrected chi connectivity index (χ1v) is 7.85. The minimum atomic E-state index is -0.587. The summed E-state index contributed by atoms with van der Waals surface area (Å²) in [5, 5.41) is 0. The number of H-pyrrole nitrogens is 1. The highest BCUT2D eigenvalue weighted by molar-refractivity contribution is 5.80. The van der Waals surface area contributed by atoms with Crippen molar-refractivity contribution in [1.82, 2.24) is 14.5 Å². The molecule has 6 heteroatoms. The molecule has 0 aliphatic heterocycles. The number of nitrogens with one attached hydrogen (secondary N) is 1. The number of aromatic amines is 1. The smallest absolute Gasteiger partial charge is 0.297 e. The van der Waals surface area contributed by atoms with Crippen LogP contribution in [-0.4, -0.2) is 20.3 Å². The van der Waals surface area contributed by atoms with E-state index in [4.69, 9.17) is 0 Å². The number of rotatable bonds is 5. The molecule has 0 spiro atoms. The molecule has 0 aliphatic carbocycles. The fourth-order valence-corrected chi connectivity index (χ4v) is 2.51. The molecule has 0 amide bonds. The molecule has 6 nitrogen and oxygen atoms in total. The van der Waals surface area contributed by atoms with E-state index >= 15 is 0 Å². The van der Waals surface area contributed by atoms with Crippen LogP contribution in [0.1, 0.15) is 11.3 Å². The van der Waals surface area contributed by atoms with E-state index in [1.165, 1.54) is 10.8 Å². The highest BCUT2D eigenvalue weighted by atomic mass is 16.2. The number of pyridine rings is 1. The van der Waals surface area contributed by atoms with Gasteiger partial charge in [-0.3, -0.25) is 24.1 Å². The summed E-state index contributed by atoms with van der Waals surface area (Å²) < 4.78 is 1.21. The lowest BCUT2D eigenvalue weighted by Crippen LogP contribution is -2.33. The Balaban J connectivity index is 1.70. The van der Waals surface area contributed by atoms with Crippen molar-refractivity contribution in [2.75, 3.05) is 0 Å². The van der Waals surface area contributed by atoms with Gasteiger partial charge in [-0.25, -0.2) is 4.79 Å². The maximum atomic E-state index is 12.2. The van der Waals surface area contributed by atoms with E-state index in [1.807, 2.05) is 36.4 Å². The molecule has 0 unspecified atom stereocenters. The largest absolute Gasteiger partial charge is 0.328 e. The van der Waals surface area contributed by atoms with Gasteiger partial charge < -0.3 is 0 Å². The number of benzene rings is 1. The Kier molecular flexibility index (Phi) is 4.70. The van der Waals surface area contributed by atoms with E-state index in [2.05, 4.69) is 9.97 Å². The van der Waals surface area contributed by atoms with Gasteiger partial charge in [-0.05, 0) is 18.6 Å². The molecular weight excluding hydrogens is 318 g/mol. The number of carbonyl (C=O) groups excluding carboxylic acids is 1. The van der Waals surface area contributed by atoms with Crippen LogP contribution in [0.3, 0.4) is 0 Å². The summed E-state index contributed by atoms with van der Waals surface area (Å²) in [7, 11) is 0. The molecule has 0 fully saturated rings. The summed E-state index contributed by atoms with van der Waals surface area (Å²) in [6.45, 7) is 1.49. The molecular formula is C19H17N3O3. The lowest BCUT2D eigenvalue weighted by Gasteiger charge is -2.06. The molecule has 0 saturated carbocycles. The number of ketones is 1. The van der Waals surface area contributed by atoms with Crippen LogP contribution >= 0.6 is 0 Å². The fraction of sp³-hybridized carbons (Fsp3) is 0.158. The van der Waals surface area contributed by atoms with E-state index in [-0.39, 0.29) is 18.7 Å². The van der Waals surface area contributed by atoms with Crippen molar-refractivity contribution in [1.29, 1.82) is 0 Å². The number of Topliss-reactive ketones (excluding diaryl/α,β-unsaturated/α-hetero) is 1. The standard InChI is InChI=1S/C19H17N3O3/c1-13-11-22(19(25)21-18(13)24)12-17(23)9-16-8-7-15(10-20-16)14-5-3-2-4-6-14/h2-8,10-11H,9,12H2,1H3,(H,21,24,25). The number of aryl methyl sites for hydroxylation is 1. The van der Waals surface area contributed by atoms with Crippen molar-refractivity contribution < 1.29 is 4.79 Å². The van der Waals surface area contributed by atoms with Gasteiger partial charge >= 0.3 is 5.69 Å². The van der Waals surface area contributed by atoms with Crippen molar-refractivity contribution in [3.8, 4) is 11.1 Å². The van der Waals surface area contributed by atoms with Crippen LogP contribution in [-0.2, 0) is 17.8 Å². The Labute approximate surface area is 143 Å². The second-order valence-electron chi connectivity index (χ2n) is 5.82. The minimum Gasteiger partial charge on any atom is -0.297 e. The predicted octanol–water partition coefficient (Wildman–Crippen LogP) is 1.72. The van der Waals surface area contributed by atoms with Crippen molar-refractivity contribution >= 4 is 5.78 Å². The molecule has 25 heavy (non-hydrogen) atoms. The Morgan fingerprint density at radius 1 is 1.08 bits per heavy atom. The normalized spacial score (nSPS) is 10.6. The molecule has 2 aromatic heterocycles. The third-order valence-corrected chi connectivity index (χ3v) is 3.85. The Bertz CT molecular complexity index is 1000. The first kappa shape index (κ1) is 16.6. The van der Waals surface area contributed by atoms with Crippen LogP contribution in [0.5, 0.6) is 0 Å². The molecule has 0 radical (unpaired) electrons. The van der Waals surface area contributed by atoms with Gasteiger partial charge in [-0.15, -0.1) is 0 Å². The van der Waals surface area contributed by atoms with Crippen molar-refractivity contribution in [2.24, 2.45) is 0 Å². The number of nitrogens with zero attached hydrogens (tertiary/aromatic N) is 2. The lowest BCUT2D eigenvalue weighted by molar-refractivity contribution is -0.119. The summed E-state index contributed by atoms with van der Waals surface area (Å²) in [6, 6.07) is 13.6. The quantitative estimate of drug-likeness (QED) is 0.769. The molecule has 1 aromatic carbocycles. The second kappa shape index (κ2) is 7.09. The molecule has 2 heterocycles. The summed E-state index contributed by atoms with van der Waals surface area (Å²) in [5.41, 5.74) is 2.03. The van der Waals surface area contributed by atoms with Crippen LogP contribution in [0.25, 0.3) is 11.1 Å². The van der Waals surface area contributed by atoms with Gasteiger partial charge in [0.2, 0.25) is 0 Å². The van der Waals surface area contributed by atoms with E-state index in [9.17, 15) is 14.4 Å². The van der Waals surface area contributed by atoms with Crippen LogP contribution in [0.2, 0.25) is 0 Å². The molecule has 0 atom stereocenters. The number of carbonyl (C=O) groups is 1.